The van der Waals surface area contributed by atoms with E-state index in [9.17, 15) is 4.79 Å². The molecule has 0 spiro atoms. The number of hydrogen-bond donors (Lipinski definition) is 0. The summed E-state index contributed by atoms with van der Waals surface area (Å²) in [5, 5.41) is 1.65. The van der Waals surface area contributed by atoms with Gasteiger partial charge in [-0.3, -0.25) is 4.84 Å². The molecule has 0 aliphatic rings. The molecule has 0 aromatic rings. The molecule has 66 valence electrons. The predicted molar refractivity (Wildman–Crippen MR) is 36.0 cm³/mol. The van der Waals surface area contributed by atoms with E-state index < -0.39 is 6.03 Å². The van der Waals surface area contributed by atoms with Crippen LogP contribution in [0.15, 0.2) is 0 Å². The molecule has 0 aliphatic heterocycles. The van der Waals surface area contributed by atoms with Gasteiger partial charge in [-0.2, -0.15) is 0 Å². The lowest BCUT2D eigenvalue weighted by Gasteiger charge is -2.20. The van der Waals surface area contributed by atoms with Gasteiger partial charge in [0, 0.05) is 7.05 Å². The van der Waals surface area contributed by atoms with Gasteiger partial charge in [-0.1, -0.05) is 5.23 Å². The Morgan fingerprint density at radius 3 is 1.82 bits per heavy atom. The molecule has 0 atom stereocenters. The van der Waals surface area contributed by atoms with Crippen LogP contribution in [0.1, 0.15) is 0 Å². The maximum Gasteiger partial charge on any atom is 0.393 e. The summed E-state index contributed by atoms with van der Waals surface area (Å²) in [4.78, 5) is 24.6. The van der Waals surface area contributed by atoms with Crippen molar-refractivity contribution in [2.45, 2.75) is 0 Å². The van der Waals surface area contributed by atoms with E-state index in [1.165, 1.54) is 28.4 Å². The Morgan fingerprint density at radius 1 is 1.09 bits per heavy atom. The van der Waals surface area contributed by atoms with E-state index in [1.54, 1.807) is 0 Å². The molecule has 0 rings (SSSR count). The van der Waals surface area contributed by atoms with Crippen LogP contribution in [0.5, 0.6) is 0 Å². The number of hydrogen-bond acceptors (Lipinski definition) is 4. The van der Waals surface area contributed by atoms with Crippen LogP contribution in [0, 0.1) is 0 Å². The highest BCUT2D eigenvalue weighted by molar-refractivity contribution is 5.70. The van der Waals surface area contributed by atoms with Gasteiger partial charge in [-0.05, 0) is 0 Å². The first kappa shape index (κ1) is 10.2. The molecule has 0 aliphatic carbocycles. The second kappa shape index (κ2) is 4.89. The molecule has 0 fully saturated rings. The number of nitrogens with zero attached hydrogens (tertiary/aromatic N) is 2. The van der Waals surface area contributed by atoms with Crippen LogP contribution in [0.4, 0.5) is 4.79 Å². The van der Waals surface area contributed by atoms with E-state index in [0.717, 1.165) is 5.06 Å². The van der Waals surface area contributed by atoms with Gasteiger partial charge < -0.3 is 0 Å². The highest BCUT2D eigenvalue weighted by atomic mass is 17.0. The minimum Gasteiger partial charge on any atom is -0.273 e. The van der Waals surface area contributed by atoms with Crippen molar-refractivity contribution in [3.05, 3.63) is 0 Å². The summed E-state index contributed by atoms with van der Waals surface area (Å²) in [7, 11) is 5.42. The lowest BCUT2D eigenvalue weighted by molar-refractivity contribution is -0.312. The van der Waals surface area contributed by atoms with E-state index in [1.807, 2.05) is 0 Å². The Balaban J connectivity index is 3.97. The Kier molecular flexibility index (Phi) is 4.51. The fraction of sp³-hybridized carbons (Fsp3) is 0.800. The van der Waals surface area contributed by atoms with E-state index >= 15 is 0 Å². The zero-order valence-electron chi connectivity index (χ0n) is 7.03. The van der Waals surface area contributed by atoms with Crippen LogP contribution in [0.2, 0.25) is 0 Å². The summed E-state index contributed by atoms with van der Waals surface area (Å²) >= 11 is 0. The van der Waals surface area contributed by atoms with Gasteiger partial charge in [-0.25, -0.2) is 19.5 Å². The second-order valence-electron chi connectivity index (χ2n) is 1.58. The average molecular weight is 164 g/mol. The maximum absolute atomic E-state index is 11.0. The minimum atomic E-state index is -0.544. The fourth-order valence-electron chi connectivity index (χ4n) is 0.424. The van der Waals surface area contributed by atoms with Crippen LogP contribution < -0.4 is 0 Å². The predicted octanol–water partition coefficient (Wildman–Crippen LogP) is 0.0244. The van der Waals surface area contributed by atoms with E-state index in [4.69, 9.17) is 0 Å². The van der Waals surface area contributed by atoms with Crippen molar-refractivity contribution in [3.8, 4) is 0 Å². The molecule has 6 nitrogen and oxygen atoms in total. The molecule has 0 heterocycles. The molecular weight excluding hydrogens is 152 g/mol. The zero-order valence-corrected chi connectivity index (χ0v) is 7.03. The Hall–Kier alpha value is -0.850. The molecule has 0 radical (unpaired) electrons. The number of carbonyl (C=O) groups is 1. The normalized spacial score (nSPS) is 9.45. The molecule has 0 aromatic carbocycles. The number of amides is 2. The van der Waals surface area contributed by atoms with Gasteiger partial charge in [0.1, 0.15) is 0 Å². The Morgan fingerprint density at radius 2 is 1.55 bits per heavy atom. The smallest absolute Gasteiger partial charge is 0.273 e. The van der Waals surface area contributed by atoms with Crippen molar-refractivity contribution < 1.29 is 19.3 Å². The van der Waals surface area contributed by atoms with Gasteiger partial charge in [-0.15, -0.1) is 0 Å². The van der Waals surface area contributed by atoms with Crippen molar-refractivity contribution in [1.82, 2.24) is 10.3 Å². The van der Waals surface area contributed by atoms with Gasteiger partial charge in [0.2, 0.25) is 0 Å². The largest absolute Gasteiger partial charge is 0.393 e. The molecule has 6 heteroatoms. The summed E-state index contributed by atoms with van der Waals surface area (Å²) in [6.07, 6.45) is 0. The van der Waals surface area contributed by atoms with Crippen LogP contribution in [-0.4, -0.2) is 44.7 Å². The van der Waals surface area contributed by atoms with Crippen molar-refractivity contribution in [3.63, 3.8) is 0 Å². The fourth-order valence-corrected chi connectivity index (χ4v) is 0.424. The molecule has 0 aromatic heterocycles. The summed E-state index contributed by atoms with van der Waals surface area (Å²) < 4.78 is 0. The third-order valence-corrected chi connectivity index (χ3v) is 1.03. The number of urea groups is 1. The topological polar surface area (TPSA) is 51.2 Å². The first-order valence-electron chi connectivity index (χ1n) is 2.87. The average Bonchev–Trinajstić information content (AvgIpc) is 2.05. The van der Waals surface area contributed by atoms with Crippen LogP contribution in [-0.2, 0) is 14.5 Å². The Labute approximate surface area is 65.1 Å². The summed E-state index contributed by atoms with van der Waals surface area (Å²) in [6, 6.07) is -0.544. The van der Waals surface area contributed by atoms with Crippen molar-refractivity contribution in [1.29, 1.82) is 0 Å². The Bertz CT molecular complexity index is 126. The number of carbonyl (C=O) groups excluding carboxylic acids is 1. The number of rotatable bonds is 3. The van der Waals surface area contributed by atoms with Crippen LogP contribution in [0.25, 0.3) is 0 Å². The highest BCUT2D eigenvalue weighted by Crippen LogP contribution is 1.95. The molecule has 2 amide bonds. The molecule has 0 unspecified atom stereocenters. The standard InChI is InChI=1S/C5H12N2O4/c1-6(9-2)5(8)7(10-3)11-4/h1-4H3. The van der Waals surface area contributed by atoms with E-state index in [2.05, 4.69) is 14.5 Å². The maximum atomic E-state index is 11.0. The van der Waals surface area contributed by atoms with Crippen LogP contribution in [0.3, 0.4) is 0 Å². The van der Waals surface area contributed by atoms with Gasteiger partial charge in [0.15, 0.2) is 0 Å². The van der Waals surface area contributed by atoms with E-state index in [0.29, 0.717) is 5.23 Å². The zero-order chi connectivity index (χ0) is 8.85. The molecule has 0 saturated carbocycles. The third-order valence-electron chi connectivity index (χ3n) is 1.03. The second-order valence-corrected chi connectivity index (χ2v) is 1.58. The summed E-state index contributed by atoms with van der Waals surface area (Å²) in [6.45, 7) is 0. The van der Waals surface area contributed by atoms with E-state index in [-0.39, 0.29) is 0 Å². The molecule has 0 bridgehead atoms. The summed E-state index contributed by atoms with van der Waals surface area (Å²) in [5.41, 5.74) is 0. The van der Waals surface area contributed by atoms with Crippen molar-refractivity contribution in [2.75, 3.05) is 28.4 Å². The molecule has 0 saturated heterocycles. The van der Waals surface area contributed by atoms with Gasteiger partial charge in [0.25, 0.3) is 0 Å². The first-order valence-corrected chi connectivity index (χ1v) is 2.87. The lowest BCUT2D eigenvalue weighted by atomic mass is 11.0. The monoisotopic (exact) mass is 164 g/mol. The molecule has 11 heavy (non-hydrogen) atoms. The quantitative estimate of drug-likeness (QED) is 0.552. The lowest BCUT2D eigenvalue weighted by Crippen LogP contribution is -2.39. The molecule has 0 N–H and O–H groups in total. The SMILES string of the molecule is CON(C)C(=O)N(OC)OC. The highest BCUT2D eigenvalue weighted by Gasteiger charge is 2.17. The summed E-state index contributed by atoms with van der Waals surface area (Å²) in [5.74, 6) is 0. The van der Waals surface area contributed by atoms with Gasteiger partial charge >= 0.3 is 6.03 Å². The minimum absolute atomic E-state index is 0.544. The first-order chi connectivity index (χ1) is 5.17. The van der Waals surface area contributed by atoms with Crippen molar-refractivity contribution >= 4 is 6.03 Å². The van der Waals surface area contributed by atoms with Gasteiger partial charge in [0.05, 0.1) is 21.3 Å². The van der Waals surface area contributed by atoms with Crippen molar-refractivity contribution in [2.24, 2.45) is 0 Å². The number of hydroxylamine groups is 4. The third kappa shape index (κ3) is 2.71. The molecular formula is C5H12N2O4. The van der Waals surface area contributed by atoms with Crippen LogP contribution >= 0.6 is 0 Å².